The first-order valence-corrected chi connectivity index (χ1v) is 24.5. The van der Waals surface area contributed by atoms with Crippen molar-refractivity contribution in [3.05, 3.63) is 95.1 Å². The van der Waals surface area contributed by atoms with Gasteiger partial charge in [-0.15, -0.1) is 0 Å². The van der Waals surface area contributed by atoms with Crippen LogP contribution < -0.4 is 5.32 Å². The van der Waals surface area contributed by atoms with Gasteiger partial charge in [-0.05, 0) is 127 Å². The SMILES string of the molecule is CCC1CC(c2ncc(C3=CC=C(c4ccc(C5=CC=C(c6cnc(C7CC8(CC8)CN7C(=O)C(C)CC(C)C)[nH]6)CC5)c5c6ccc(o6)c45)CC3)[nH]2)N(C(=O)C(NC(=O)OC)C(C)C)C1. The van der Waals surface area contributed by atoms with Gasteiger partial charge in [-0.2, -0.15) is 0 Å². The van der Waals surface area contributed by atoms with Crippen LogP contribution >= 0.6 is 0 Å². The molecular formula is C54H65N7O5. The molecule has 2 bridgehead atoms. The number of carbonyl (C=O) groups is 3. The van der Waals surface area contributed by atoms with Crippen molar-refractivity contribution >= 4 is 62.1 Å². The summed E-state index contributed by atoms with van der Waals surface area (Å²) in [5.74, 6) is 2.62. The molecule has 0 radical (unpaired) electrons. The Morgan fingerprint density at radius 2 is 1.35 bits per heavy atom. The van der Waals surface area contributed by atoms with E-state index < -0.39 is 12.1 Å². The summed E-state index contributed by atoms with van der Waals surface area (Å²) in [7, 11) is 1.32. The molecular weight excluding hydrogens is 827 g/mol. The summed E-state index contributed by atoms with van der Waals surface area (Å²) in [6.07, 6.45) is 21.8. The van der Waals surface area contributed by atoms with Crippen molar-refractivity contribution in [1.82, 2.24) is 35.1 Å². The Bertz CT molecular complexity index is 2790. The Morgan fingerprint density at radius 1 is 0.788 bits per heavy atom. The lowest BCUT2D eigenvalue weighted by Gasteiger charge is -2.30. The third-order valence-electron chi connectivity index (χ3n) is 15.4. The van der Waals surface area contributed by atoms with E-state index in [2.05, 4.69) is 96.4 Å². The fraction of sp³-hybridized carbons (Fsp3) is 0.500. The first kappa shape index (κ1) is 44.0. The van der Waals surface area contributed by atoms with Crippen molar-refractivity contribution in [1.29, 1.82) is 0 Å². The van der Waals surface area contributed by atoms with Crippen LogP contribution in [0.3, 0.4) is 0 Å². The number of methoxy groups -OCH3 is 1. The van der Waals surface area contributed by atoms with E-state index in [9.17, 15) is 14.4 Å². The number of rotatable bonds is 13. The smallest absolute Gasteiger partial charge is 0.407 e. The number of ether oxygens (including phenoxy) is 1. The average Bonchev–Trinajstić information content (AvgIpc) is 4.06. The maximum Gasteiger partial charge on any atom is 0.407 e. The zero-order valence-corrected chi connectivity index (χ0v) is 39.6. The zero-order valence-electron chi connectivity index (χ0n) is 39.6. The number of alkyl carbamates (subject to hydrolysis) is 1. The molecule has 12 heteroatoms. The Balaban J connectivity index is 0.866. The second kappa shape index (κ2) is 17.4. The summed E-state index contributed by atoms with van der Waals surface area (Å²) in [4.78, 5) is 60.9. The third-order valence-corrected chi connectivity index (χ3v) is 15.4. The molecule has 3 aliphatic carbocycles. The molecule has 1 spiro atoms. The number of hydrogen-bond acceptors (Lipinski definition) is 7. The fourth-order valence-corrected chi connectivity index (χ4v) is 11.5. The molecule has 5 aromatic rings. The molecule has 2 saturated heterocycles. The number of nitrogens with zero attached hydrogens (tertiary/aromatic N) is 4. The zero-order chi connectivity index (χ0) is 46.0. The van der Waals surface area contributed by atoms with E-state index >= 15 is 0 Å². The van der Waals surface area contributed by atoms with Gasteiger partial charge in [0.1, 0.15) is 28.9 Å². The van der Waals surface area contributed by atoms with E-state index in [-0.39, 0.29) is 41.1 Å². The minimum atomic E-state index is -0.685. The number of likely N-dealkylation sites (tertiary alicyclic amines) is 2. The highest BCUT2D eigenvalue weighted by Crippen LogP contribution is 2.58. The first-order chi connectivity index (χ1) is 31.8. The molecule has 5 unspecified atom stereocenters. The summed E-state index contributed by atoms with van der Waals surface area (Å²) in [5.41, 5.74) is 11.5. The van der Waals surface area contributed by atoms with Gasteiger partial charge < -0.3 is 34.2 Å². The normalized spacial score (nSPS) is 22.6. The number of aromatic nitrogens is 4. The lowest BCUT2D eigenvalue weighted by molar-refractivity contribution is -0.137. The van der Waals surface area contributed by atoms with Crippen LogP contribution in [0.5, 0.6) is 0 Å². The highest BCUT2D eigenvalue weighted by Gasteiger charge is 2.54. The van der Waals surface area contributed by atoms with E-state index in [0.29, 0.717) is 18.4 Å². The van der Waals surface area contributed by atoms with Crippen molar-refractivity contribution in [2.24, 2.45) is 29.1 Å². The summed E-state index contributed by atoms with van der Waals surface area (Å²) in [6.45, 7) is 14.0. The molecule has 2 aliphatic heterocycles. The third kappa shape index (κ3) is 8.08. The van der Waals surface area contributed by atoms with Crippen molar-refractivity contribution in [2.45, 2.75) is 124 Å². The number of imidazole rings is 2. The fourth-order valence-electron chi connectivity index (χ4n) is 11.5. The van der Waals surface area contributed by atoms with Gasteiger partial charge >= 0.3 is 6.09 Å². The van der Waals surface area contributed by atoms with E-state index in [1.165, 1.54) is 64.1 Å². The number of hydrogen-bond donors (Lipinski definition) is 3. The molecule has 6 heterocycles. The minimum absolute atomic E-state index is 0.0145. The minimum Gasteiger partial charge on any atom is -0.456 e. The van der Waals surface area contributed by atoms with Crippen LogP contribution in [0.2, 0.25) is 0 Å². The van der Waals surface area contributed by atoms with Gasteiger partial charge in [0.05, 0.1) is 43.0 Å². The molecule has 3 amide bonds. The van der Waals surface area contributed by atoms with Crippen molar-refractivity contribution < 1.29 is 23.5 Å². The van der Waals surface area contributed by atoms with Crippen LogP contribution in [0.25, 0.3) is 44.2 Å². The quantitative estimate of drug-likeness (QED) is 0.106. The van der Waals surface area contributed by atoms with Crippen molar-refractivity contribution in [3.8, 4) is 0 Å². The summed E-state index contributed by atoms with van der Waals surface area (Å²) in [5, 5.41) is 5.12. The molecule has 1 saturated carbocycles. The number of benzene rings is 2. The van der Waals surface area contributed by atoms with Crippen molar-refractivity contribution in [3.63, 3.8) is 0 Å². The lowest BCUT2D eigenvalue weighted by atomic mass is 9.85. The summed E-state index contributed by atoms with van der Waals surface area (Å²) < 4.78 is 11.2. The Morgan fingerprint density at radius 3 is 1.85 bits per heavy atom. The number of carbonyl (C=O) groups excluding carboxylic acids is 3. The molecule has 12 nitrogen and oxygen atoms in total. The molecule has 66 heavy (non-hydrogen) atoms. The van der Waals surface area contributed by atoms with E-state index in [4.69, 9.17) is 19.1 Å². The largest absolute Gasteiger partial charge is 0.456 e. The monoisotopic (exact) mass is 892 g/mol. The number of aromatic amines is 2. The molecule has 5 atom stereocenters. The molecule has 4 aromatic heterocycles. The number of H-pyrrole nitrogens is 2. The standard InChI is InChI=1S/C54H65N7O5/c1-8-33-24-42(60(28-33)52(63)48(31(4)5)59-53(64)65-7)49-55-26-40(57-49)36-13-9-34(10-14-36)38-17-18-39(47-45-20-19-44(66-45)46(38)47)35-11-15-37(16-12-35)41-27-56-50(58-41)43-25-54(21-22-54)29-61(43)51(62)32(6)23-30(2)3/h9,11,13,15,17-20,26-27,30-33,42-43,48H,8,10,12,14,16,21-25,28-29H2,1-7H3,(H,55,57)(H,56,58)(H,59,64). The van der Waals surface area contributed by atoms with Gasteiger partial charge in [0.25, 0.3) is 0 Å². The maximum atomic E-state index is 13.9. The molecule has 5 aliphatic rings. The Kier molecular flexibility index (Phi) is 11.6. The van der Waals surface area contributed by atoms with Crippen LogP contribution in [0.4, 0.5) is 4.79 Å². The van der Waals surface area contributed by atoms with Crippen LogP contribution in [0.15, 0.2) is 65.4 Å². The van der Waals surface area contributed by atoms with Crippen LogP contribution in [0.1, 0.15) is 152 Å². The Labute approximate surface area is 387 Å². The van der Waals surface area contributed by atoms with Gasteiger partial charge in [-0.1, -0.05) is 84.4 Å². The molecule has 10 rings (SSSR count). The van der Waals surface area contributed by atoms with Gasteiger partial charge in [-0.25, -0.2) is 14.8 Å². The predicted molar refractivity (Wildman–Crippen MR) is 259 cm³/mol. The maximum absolute atomic E-state index is 13.9. The van der Waals surface area contributed by atoms with E-state index in [1.54, 1.807) is 0 Å². The summed E-state index contributed by atoms with van der Waals surface area (Å²) in [6, 6.07) is 7.87. The Hall–Kier alpha value is -5.91. The highest BCUT2D eigenvalue weighted by atomic mass is 16.5. The number of furan rings is 2. The van der Waals surface area contributed by atoms with Gasteiger partial charge in [0.15, 0.2) is 0 Å². The number of fused-ring (bicyclic) bond motifs is 5. The van der Waals surface area contributed by atoms with Gasteiger partial charge in [0.2, 0.25) is 11.8 Å². The van der Waals surface area contributed by atoms with E-state index in [1.807, 2.05) is 31.1 Å². The van der Waals surface area contributed by atoms with Crippen molar-refractivity contribution in [2.75, 3.05) is 20.2 Å². The lowest BCUT2D eigenvalue weighted by Crippen LogP contribution is -2.51. The van der Waals surface area contributed by atoms with E-state index in [0.717, 1.165) is 92.1 Å². The number of allylic oxidation sites excluding steroid dienone is 8. The molecule has 346 valence electrons. The molecule has 3 N–H and O–H groups in total. The molecule has 3 fully saturated rings. The summed E-state index contributed by atoms with van der Waals surface area (Å²) >= 11 is 0. The number of amides is 3. The number of nitrogens with one attached hydrogen (secondary N) is 3. The van der Waals surface area contributed by atoms with Crippen LogP contribution in [0, 0.1) is 29.1 Å². The second-order valence-corrected chi connectivity index (χ2v) is 20.8. The topological polar surface area (TPSA) is 149 Å². The second-order valence-electron chi connectivity index (χ2n) is 20.8. The highest BCUT2D eigenvalue weighted by molar-refractivity contribution is 6.16. The van der Waals surface area contributed by atoms with Gasteiger partial charge in [-0.3, -0.25) is 9.59 Å². The van der Waals surface area contributed by atoms with Crippen LogP contribution in [-0.2, 0) is 14.3 Å². The van der Waals surface area contributed by atoms with Gasteiger partial charge in [0, 0.05) is 29.8 Å². The average molecular weight is 892 g/mol. The predicted octanol–water partition coefficient (Wildman–Crippen LogP) is 11.4. The van der Waals surface area contributed by atoms with Crippen LogP contribution in [-0.4, -0.2) is 73.9 Å². The molecule has 1 aromatic carbocycles. The first-order valence-electron chi connectivity index (χ1n) is 24.5.